The Morgan fingerprint density at radius 3 is 2.67 bits per heavy atom. The van der Waals surface area contributed by atoms with Crippen molar-refractivity contribution in [3.63, 3.8) is 0 Å². The number of nitriles is 1. The molecule has 0 atom stereocenters. The molecule has 0 aromatic carbocycles. The summed E-state index contributed by atoms with van der Waals surface area (Å²) in [6.07, 6.45) is 18.8. The van der Waals surface area contributed by atoms with Crippen LogP contribution >= 0.6 is 0 Å². The van der Waals surface area contributed by atoms with Crippen LogP contribution in [0, 0.1) is 11.5 Å². The first-order valence-corrected chi connectivity index (χ1v) is 13.5. The Hall–Kier alpha value is -2.89. The highest BCUT2D eigenvalue weighted by Gasteiger charge is 2.18. The maximum Gasteiger partial charge on any atom is 0.179 e. The Balaban J connectivity index is 1.84. The molecule has 0 amide bonds. The molecule has 36 heavy (non-hydrogen) atoms. The van der Waals surface area contributed by atoms with E-state index in [0.717, 1.165) is 56.4 Å². The summed E-state index contributed by atoms with van der Waals surface area (Å²) in [5.74, 6) is 2.05. The fourth-order valence-corrected chi connectivity index (χ4v) is 4.48. The van der Waals surface area contributed by atoms with E-state index in [0.29, 0.717) is 13.1 Å². The summed E-state index contributed by atoms with van der Waals surface area (Å²) < 4.78 is 0. The fraction of sp³-hybridized carbons (Fsp3) is 0.607. The van der Waals surface area contributed by atoms with Crippen molar-refractivity contribution in [3.8, 4) is 6.19 Å². The van der Waals surface area contributed by atoms with Crippen LogP contribution in [0.5, 0.6) is 0 Å². The molecule has 1 aliphatic rings. The van der Waals surface area contributed by atoms with Crippen LogP contribution in [0.4, 0.5) is 0 Å². The molecule has 0 radical (unpaired) electrons. The van der Waals surface area contributed by atoms with Crippen molar-refractivity contribution in [2.75, 3.05) is 66.0 Å². The van der Waals surface area contributed by atoms with Gasteiger partial charge in [0.1, 0.15) is 11.7 Å². The zero-order valence-electron chi connectivity index (χ0n) is 22.8. The number of rotatable bonds is 19. The number of hydrogen-bond donors (Lipinski definition) is 2. The van der Waals surface area contributed by atoms with E-state index in [1.807, 2.05) is 23.2 Å². The summed E-state index contributed by atoms with van der Waals surface area (Å²) in [5, 5.41) is 9.53. The zero-order valence-corrected chi connectivity index (χ0v) is 22.8. The van der Waals surface area contributed by atoms with Gasteiger partial charge in [-0.05, 0) is 31.3 Å². The lowest BCUT2D eigenvalue weighted by Gasteiger charge is -2.24. The zero-order chi connectivity index (χ0) is 26.0. The largest absolute Gasteiger partial charge is 0.360 e. The maximum absolute atomic E-state index is 9.53. The minimum atomic E-state index is 0.635. The van der Waals surface area contributed by atoms with Gasteiger partial charge in [-0.1, -0.05) is 44.7 Å². The van der Waals surface area contributed by atoms with Gasteiger partial charge < -0.3 is 19.7 Å². The highest BCUT2D eigenvalue weighted by Crippen LogP contribution is 2.09. The predicted octanol–water partition coefficient (Wildman–Crippen LogP) is 2.49. The van der Waals surface area contributed by atoms with Gasteiger partial charge in [-0.2, -0.15) is 5.26 Å². The van der Waals surface area contributed by atoms with E-state index in [1.54, 1.807) is 11.1 Å². The van der Waals surface area contributed by atoms with Gasteiger partial charge >= 0.3 is 0 Å². The average molecular weight is 496 g/mol. The molecule has 1 aromatic heterocycles. The van der Waals surface area contributed by atoms with Crippen molar-refractivity contribution in [3.05, 3.63) is 54.7 Å². The summed E-state index contributed by atoms with van der Waals surface area (Å²) in [4.78, 5) is 20.3. The fourth-order valence-electron chi connectivity index (χ4n) is 4.48. The molecule has 0 fully saturated rings. The first kappa shape index (κ1) is 29.3. The normalized spacial score (nSPS) is 14.2. The highest BCUT2D eigenvalue weighted by molar-refractivity contribution is 5.85. The van der Waals surface area contributed by atoms with Gasteiger partial charge in [0.2, 0.25) is 0 Å². The van der Waals surface area contributed by atoms with E-state index < -0.39 is 0 Å². The van der Waals surface area contributed by atoms with E-state index in [9.17, 15) is 5.26 Å². The highest BCUT2D eigenvalue weighted by atomic mass is 15.3. The molecule has 0 bridgehead atoms. The molecule has 2 rings (SSSR count). The predicted molar refractivity (Wildman–Crippen MR) is 149 cm³/mol. The van der Waals surface area contributed by atoms with Gasteiger partial charge in [0.05, 0.1) is 39.3 Å². The molecule has 0 spiro atoms. The minimum Gasteiger partial charge on any atom is -0.360 e. The van der Waals surface area contributed by atoms with Crippen LogP contribution in [0.3, 0.4) is 0 Å². The summed E-state index contributed by atoms with van der Waals surface area (Å²) in [6, 6.07) is 0. The van der Waals surface area contributed by atoms with Crippen molar-refractivity contribution < 1.29 is 4.90 Å². The lowest BCUT2D eigenvalue weighted by Crippen LogP contribution is -3.12. The van der Waals surface area contributed by atoms with Crippen LogP contribution in [-0.2, 0) is 6.54 Å². The number of nitrogens with one attached hydrogen (secondary N) is 2. The number of allylic oxidation sites excluding steroid dienone is 2. The van der Waals surface area contributed by atoms with Gasteiger partial charge in [0.25, 0.3) is 0 Å². The van der Waals surface area contributed by atoms with E-state index in [4.69, 9.17) is 0 Å². The van der Waals surface area contributed by atoms with Crippen molar-refractivity contribution in [1.29, 1.82) is 5.26 Å². The Bertz CT molecular complexity index is 859. The van der Waals surface area contributed by atoms with Crippen molar-refractivity contribution in [2.45, 2.75) is 46.1 Å². The number of likely N-dealkylation sites (N-methyl/N-ethyl adjacent to an activating group) is 1. The number of hydrogen-bond acceptors (Lipinski definition) is 6. The van der Waals surface area contributed by atoms with Crippen LogP contribution in [0.25, 0.3) is 0 Å². The first-order chi connectivity index (χ1) is 17.6. The summed E-state index contributed by atoms with van der Waals surface area (Å²) in [7, 11) is 2.10. The molecule has 1 aromatic rings. The molecule has 198 valence electrons. The van der Waals surface area contributed by atoms with Crippen molar-refractivity contribution in [1.82, 2.24) is 24.7 Å². The van der Waals surface area contributed by atoms with E-state index in [1.165, 1.54) is 38.9 Å². The first-order valence-electron chi connectivity index (χ1n) is 13.5. The third kappa shape index (κ3) is 11.2. The number of aliphatic imine (C=N–C) groups is 1. The van der Waals surface area contributed by atoms with Gasteiger partial charge in [-0.15, -0.1) is 0 Å². The second kappa shape index (κ2) is 17.5. The van der Waals surface area contributed by atoms with Crippen molar-refractivity contribution in [2.24, 2.45) is 4.99 Å². The van der Waals surface area contributed by atoms with Crippen LogP contribution < -0.4 is 4.90 Å². The number of aromatic amines is 1. The molecule has 0 saturated carbocycles. The Labute approximate surface area is 218 Å². The van der Waals surface area contributed by atoms with Gasteiger partial charge in [0, 0.05) is 45.6 Å². The average Bonchev–Trinajstić information content (AvgIpc) is 3.54. The minimum absolute atomic E-state index is 0.635. The van der Waals surface area contributed by atoms with Crippen molar-refractivity contribution >= 4 is 5.84 Å². The third-order valence-corrected chi connectivity index (χ3v) is 6.46. The summed E-state index contributed by atoms with van der Waals surface area (Å²) in [5.41, 5.74) is 1.12. The lowest BCUT2D eigenvalue weighted by molar-refractivity contribution is -0.900. The molecule has 0 saturated heterocycles. The van der Waals surface area contributed by atoms with Gasteiger partial charge in [-0.3, -0.25) is 9.89 Å². The number of unbranched alkanes of at least 4 members (excludes halogenated alkanes) is 1. The monoisotopic (exact) mass is 495 g/mol. The summed E-state index contributed by atoms with van der Waals surface area (Å²) in [6.45, 7) is 17.8. The van der Waals surface area contributed by atoms with Crippen LogP contribution in [0.1, 0.15) is 45.4 Å². The Morgan fingerprint density at radius 2 is 2.06 bits per heavy atom. The van der Waals surface area contributed by atoms with Gasteiger partial charge in [-0.25, -0.2) is 4.98 Å². The molecule has 1 aliphatic heterocycles. The van der Waals surface area contributed by atoms with Crippen LogP contribution in [0.15, 0.2) is 53.8 Å². The van der Waals surface area contributed by atoms with E-state index in [-0.39, 0.29) is 0 Å². The quantitative estimate of drug-likeness (QED) is 0.133. The van der Waals surface area contributed by atoms with Crippen LogP contribution in [-0.4, -0.2) is 96.5 Å². The topological polar surface area (TPSA) is 79.0 Å². The lowest BCUT2D eigenvalue weighted by atomic mass is 10.2. The number of imidazole rings is 1. The second-order valence-corrected chi connectivity index (χ2v) is 9.53. The molecule has 8 nitrogen and oxygen atoms in total. The number of nitrogens with zero attached hydrogens (tertiary/aromatic N) is 6. The number of aromatic nitrogens is 2. The number of quaternary nitrogens is 1. The smallest absolute Gasteiger partial charge is 0.179 e. The molecular formula is C28H47N8+. The summed E-state index contributed by atoms with van der Waals surface area (Å²) >= 11 is 0. The number of amidine groups is 1. The standard InChI is InChI=1S/C28H46N8/c1-5-16-34(17-6-2)18-10-11-20-35(25-29)19-9-8-12-26(7-3)22-36(23-27-30-13-14-31-27)24-28-32-15-21-33(28)4/h7-9,12-14H,3,5-6,10-11,15-24H2,1-2,4H3,(H,30,31)/p+1/b9-8+,26-12+. The van der Waals surface area contributed by atoms with Crippen LogP contribution in [0.2, 0.25) is 0 Å². The van der Waals surface area contributed by atoms with E-state index >= 15 is 0 Å². The van der Waals surface area contributed by atoms with Gasteiger partial charge in [0.15, 0.2) is 6.19 Å². The molecule has 0 unspecified atom stereocenters. The molecule has 2 N–H and O–H groups in total. The molecule has 8 heteroatoms. The Morgan fingerprint density at radius 1 is 1.25 bits per heavy atom. The molecule has 2 heterocycles. The molecule has 0 aliphatic carbocycles. The SMILES string of the molecule is C=C/C(=C\C=C\CN(C#N)CCCC[NH+](CCC)CCC)CN(CC1=NCCN1C)Cc1ncc[nH]1. The number of H-pyrrole nitrogens is 1. The second-order valence-electron chi connectivity index (χ2n) is 9.53. The van der Waals surface area contributed by atoms with E-state index in [2.05, 4.69) is 70.6 Å². The third-order valence-electron chi connectivity index (χ3n) is 6.46. The molecular weight excluding hydrogens is 448 g/mol. The Kier molecular flexibility index (Phi) is 14.3. The maximum atomic E-state index is 9.53.